The molecule has 1 atom stereocenters. The van der Waals surface area contributed by atoms with Crippen LogP contribution in [0, 0.1) is 0 Å². The fraction of sp³-hybridized carbons (Fsp3) is 0.273. The quantitative estimate of drug-likeness (QED) is 0.457. The first-order valence-electron chi connectivity index (χ1n) is 10.2. The highest BCUT2D eigenvalue weighted by atomic mass is 35.5. The fourth-order valence-electron chi connectivity index (χ4n) is 3.05. The SMILES string of the molecule is CC(O)c1ccc(Oc2ccc(CNC(=O)C3(NC(=O)c4cncnc4)CC3)nn2)c(Cl)c1. The minimum Gasteiger partial charge on any atom is -0.436 e. The molecule has 1 saturated carbocycles. The molecule has 3 N–H and O–H groups in total. The average molecular weight is 469 g/mol. The number of carbonyl (C=O) groups is 2. The van der Waals surface area contributed by atoms with Crippen LogP contribution in [0.2, 0.25) is 5.02 Å². The van der Waals surface area contributed by atoms with Gasteiger partial charge in [-0.3, -0.25) is 9.59 Å². The van der Waals surface area contributed by atoms with Crippen molar-refractivity contribution < 1.29 is 19.4 Å². The molecule has 3 aromatic rings. The molecule has 0 spiro atoms. The lowest BCUT2D eigenvalue weighted by atomic mass is 10.1. The van der Waals surface area contributed by atoms with Crippen LogP contribution in [0.15, 0.2) is 49.1 Å². The maximum Gasteiger partial charge on any atom is 0.255 e. The van der Waals surface area contributed by atoms with Crippen molar-refractivity contribution >= 4 is 23.4 Å². The van der Waals surface area contributed by atoms with Crippen molar-refractivity contribution in [3.05, 3.63) is 70.9 Å². The van der Waals surface area contributed by atoms with Crippen LogP contribution in [0.25, 0.3) is 0 Å². The smallest absolute Gasteiger partial charge is 0.255 e. The second kappa shape index (κ2) is 9.47. The Morgan fingerprint density at radius 2 is 1.94 bits per heavy atom. The molecule has 10 nitrogen and oxygen atoms in total. The third-order valence-corrected chi connectivity index (χ3v) is 5.43. The highest BCUT2D eigenvalue weighted by Crippen LogP contribution is 2.36. The predicted molar refractivity (Wildman–Crippen MR) is 118 cm³/mol. The van der Waals surface area contributed by atoms with E-state index in [0.717, 1.165) is 0 Å². The number of ether oxygens (including phenoxy) is 1. The zero-order valence-electron chi connectivity index (χ0n) is 17.7. The molecule has 1 aliphatic rings. The van der Waals surface area contributed by atoms with Gasteiger partial charge in [-0.2, -0.15) is 0 Å². The summed E-state index contributed by atoms with van der Waals surface area (Å²) in [4.78, 5) is 32.6. The summed E-state index contributed by atoms with van der Waals surface area (Å²) in [5.41, 5.74) is 0.549. The first-order valence-corrected chi connectivity index (χ1v) is 10.6. The lowest BCUT2D eigenvalue weighted by molar-refractivity contribution is -0.124. The number of rotatable bonds is 8. The first kappa shape index (κ1) is 22.6. The molecule has 1 aromatic carbocycles. The molecule has 2 heterocycles. The Morgan fingerprint density at radius 1 is 1.18 bits per heavy atom. The van der Waals surface area contributed by atoms with Gasteiger partial charge in [-0.25, -0.2) is 9.97 Å². The molecule has 2 amide bonds. The van der Waals surface area contributed by atoms with E-state index >= 15 is 0 Å². The Hall–Kier alpha value is -3.63. The van der Waals surface area contributed by atoms with E-state index in [1.165, 1.54) is 18.7 Å². The monoisotopic (exact) mass is 468 g/mol. The molecule has 1 aliphatic carbocycles. The van der Waals surface area contributed by atoms with Gasteiger partial charge >= 0.3 is 0 Å². The fourth-order valence-corrected chi connectivity index (χ4v) is 3.28. The van der Waals surface area contributed by atoms with E-state index in [2.05, 4.69) is 30.8 Å². The minimum atomic E-state index is -0.932. The van der Waals surface area contributed by atoms with E-state index in [-0.39, 0.29) is 18.3 Å². The third kappa shape index (κ3) is 5.41. The van der Waals surface area contributed by atoms with Gasteiger partial charge in [-0.05, 0) is 43.5 Å². The van der Waals surface area contributed by atoms with Gasteiger partial charge in [0.15, 0.2) is 0 Å². The number of nitrogens with zero attached hydrogens (tertiary/aromatic N) is 4. The number of benzene rings is 1. The Morgan fingerprint density at radius 3 is 2.55 bits per heavy atom. The summed E-state index contributed by atoms with van der Waals surface area (Å²) >= 11 is 6.19. The van der Waals surface area contributed by atoms with Gasteiger partial charge in [0.05, 0.1) is 28.9 Å². The van der Waals surface area contributed by atoms with Gasteiger partial charge in [-0.1, -0.05) is 17.7 Å². The summed E-state index contributed by atoms with van der Waals surface area (Å²) < 4.78 is 5.64. The lowest BCUT2D eigenvalue weighted by Crippen LogP contribution is -2.48. The Bertz CT molecular complexity index is 1150. The van der Waals surface area contributed by atoms with E-state index in [9.17, 15) is 14.7 Å². The molecule has 1 fully saturated rings. The highest BCUT2D eigenvalue weighted by molar-refractivity contribution is 6.32. The number of aliphatic hydroxyl groups is 1. The number of aliphatic hydroxyl groups excluding tert-OH is 1. The molecule has 0 saturated heterocycles. The van der Waals surface area contributed by atoms with E-state index in [0.29, 0.717) is 40.4 Å². The molecule has 0 aliphatic heterocycles. The van der Waals surface area contributed by atoms with Crippen molar-refractivity contribution in [1.29, 1.82) is 0 Å². The predicted octanol–water partition coefficient (Wildman–Crippen LogP) is 2.34. The maximum absolute atomic E-state index is 12.6. The van der Waals surface area contributed by atoms with E-state index < -0.39 is 17.6 Å². The molecule has 33 heavy (non-hydrogen) atoms. The van der Waals surface area contributed by atoms with Gasteiger partial charge in [0.1, 0.15) is 17.6 Å². The van der Waals surface area contributed by atoms with Gasteiger partial charge in [0.2, 0.25) is 11.8 Å². The van der Waals surface area contributed by atoms with Crippen LogP contribution in [-0.2, 0) is 11.3 Å². The zero-order chi connectivity index (χ0) is 23.4. The second-order valence-electron chi connectivity index (χ2n) is 7.68. The number of carbonyl (C=O) groups excluding carboxylic acids is 2. The van der Waals surface area contributed by atoms with Crippen LogP contribution >= 0.6 is 11.6 Å². The molecule has 1 unspecified atom stereocenters. The molecule has 11 heteroatoms. The summed E-state index contributed by atoms with van der Waals surface area (Å²) in [6.07, 6.45) is 4.57. The standard InChI is InChI=1S/C22H21ClN6O4/c1-13(30)14-2-4-18(17(23)8-14)33-19-5-3-16(28-29-19)11-26-21(32)22(6-7-22)27-20(31)15-9-24-12-25-10-15/h2-5,8-10,12-13,30H,6-7,11H2,1H3,(H,26,32)(H,27,31). The van der Waals surface area contributed by atoms with Crippen LogP contribution in [0.5, 0.6) is 11.6 Å². The summed E-state index contributed by atoms with van der Waals surface area (Å²) in [5.74, 6) is -0.0797. The van der Waals surface area contributed by atoms with Crippen LogP contribution in [-0.4, -0.2) is 42.6 Å². The van der Waals surface area contributed by atoms with Crippen LogP contribution in [0.3, 0.4) is 0 Å². The van der Waals surface area contributed by atoms with Crippen molar-refractivity contribution in [3.8, 4) is 11.6 Å². The number of halogens is 1. The summed E-state index contributed by atoms with van der Waals surface area (Å²) in [6, 6.07) is 8.25. The molecule has 170 valence electrons. The first-order chi connectivity index (χ1) is 15.9. The topological polar surface area (TPSA) is 139 Å². The third-order valence-electron chi connectivity index (χ3n) is 5.14. The summed E-state index contributed by atoms with van der Waals surface area (Å²) in [7, 11) is 0. The van der Waals surface area contributed by atoms with Crippen molar-refractivity contribution in [1.82, 2.24) is 30.8 Å². The van der Waals surface area contributed by atoms with E-state index in [1.807, 2.05) is 0 Å². The molecular formula is C22H21ClN6O4. The van der Waals surface area contributed by atoms with Crippen LogP contribution < -0.4 is 15.4 Å². The molecule has 0 radical (unpaired) electrons. The summed E-state index contributed by atoms with van der Waals surface area (Å²) in [6.45, 7) is 1.79. The Labute approximate surface area is 194 Å². The summed E-state index contributed by atoms with van der Waals surface area (Å²) in [5, 5.41) is 23.6. The largest absolute Gasteiger partial charge is 0.436 e. The normalized spacial score (nSPS) is 14.8. The second-order valence-corrected chi connectivity index (χ2v) is 8.08. The van der Waals surface area contributed by atoms with Crippen molar-refractivity contribution in [2.45, 2.75) is 38.0 Å². The van der Waals surface area contributed by atoms with E-state index in [4.69, 9.17) is 16.3 Å². The molecular weight excluding hydrogens is 448 g/mol. The average Bonchev–Trinajstić information content (AvgIpc) is 3.60. The Kier molecular flexibility index (Phi) is 6.47. The van der Waals surface area contributed by atoms with Gasteiger partial charge in [0, 0.05) is 18.5 Å². The molecule has 0 bridgehead atoms. The van der Waals surface area contributed by atoms with Crippen molar-refractivity contribution in [2.24, 2.45) is 0 Å². The highest BCUT2D eigenvalue weighted by Gasteiger charge is 2.51. The van der Waals surface area contributed by atoms with Crippen LogP contribution in [0.4, 0.5) is 0 Å². The maximum atomic E-state index is 12.6. The van der Waals surface area contributed by atoms with Gasteiger partial charge in [-0.15, -0.1) is 10.2 Å². The minimum absolute atomic E-state index is 0.141. The van der Waals surface area contributed by atoms with Crippen LogP contribution in [0.1, 0.15) is 47.5 Å². The van der Waals surface area contributed by atoms with Gasteiger partial charge < -0.3 is 20.5 Å². The molecule has 2 aromatic heterocycles. The number of amides is 2. The molecule has 4 rings (SSSR count). The number of nitrogens with one attached hydrogen (secondary N) is 2. The van der Waals surface area contributed by atoms with Crippen molar-refractivity contribution in [3.63, 3.8) is 0 Å². The lowest BCUT2D eigenvalue weighted by Gasteiger charge is -2.17. The van der Waals surface area contributed by atoms with E-state index in [1.54, 1.807) is 37.3 Å². The zero-order valence-corrected chi connectivity index (χ0v) is 18.4. The number of aromatic nitrogens is 4. The van der Waals surface area contributed by atoms with Gasteiger partial charge in [0.25, 0.3) is 5.91 Å². The number of hydrogen-bond donors (Lipinski definition) is 3. The van der Waals surface area contributed by atoms with Crippen molar-refractivity contribution in [2.75, 3.05) is 0 Å². The Balaban J connectivity index is 1.31. The number of hydrogen-bond acceptors (Lipinski definition) is 8.